The van der Waals surface area contributed by atoms with Crippen molar-refractivity contribution >= 4 is 50.6 Å². The molecule has 2 aromatic rings. The molecule has 1 fully saturated rings. The third-order valence-corrected chi connectivity index (χ3v) is 7.25. The minimum Gasteiger partial charge on any atom is -0.386 e. The van der Waals surface area contributed by atoms with E-state index in [9.17, 15) is 8.42 Å². The van der Waals surface area contributed by atoms with Gasteiger partial charge in [0.05, 0.1) is 30.0 Å². The van der Waals surface area contributed by atoms with Crippen molar-refractivity contribution in [3.05, 3.63) is 64.1 Å². The van der Waals surface area contributed by atoms with Gasteiger partial charge in [0.2, 0.25) is 0 Å². The van der Waals surface area contributed by atoms with Gasteiger partial charge in [-0.1, -0.05) is 53.5 Å². The van der Waals surface area contributed by atoms with Crippen molar-refractivity contribution in [1.82, 2.24) is 4.31 Å². The van der Waals surface area contributed by atoms with Crippen LogP contribution < -0.4 is 10.7 Å². The highest BCUT2D eigenvalue weighted by molar-refractivity contribution is 7.87. The Bertz CT molecular complexity index is 1140. The average Bonchev–Trinajstić information content (AvgIpc) is 3.17. The number of nitrogens with two attached hydrogens (primary N) is 1. The Morgan fingerprint density at radius 2 is 1.88 bits per heavy atom. The predicted molar refractivity (Wildman–Crippen MR) is 128 cm³/mol. The van der Waals surface area contributed by atoms with E-state index in [-0.39, 0.29) is 31.4 Å². The van der Waals surface area contributed by atoms with E-state index in [1.807, 2.05) is 41.4 Å². The third-order valence-electron chi connectivity index (χ3n) is 5.23. The molecule has 0 aliphatic carbocycles. The molecular formula is C21H23Cl2N5O3S. The highest BCUT2D eigenvalue weighted by atomic mass is 35.5. The van der Waals surface area contributed by atoms with Crippen LogP contribution in [0.2, 0.25) is 10.0 Å². The van der Waals surface area contributed by atoms with Crippen LogP contribution in [0.5, 0.6) is 0 Å². The summed E-state index contributed by atoms with van der Waals surface area (Å²) in [5, 5.41) is 7.55. The Balaban J connectivity index is 1.59. The molecule has 2 aliphatic rings. The quantitative estimate of drug-likeness (QED) is 0.486. The monoisotopic (exact) mass is 495 g/mol. The van der Waals surface area contributed by atoms with Gasteiger partial charge >= 0.3 is 10.2 Å². The summed E-state index contributed by atoms with van der Waals surface area (Å²) in [6.07, 6.45) is 0.686. The molecule has 170 valence electrons. The number of rotatable bonds is 6. The van der Waals surface area contributed by atoms with E-state index in [2.05, 4.69) is 4.40 Å². The molecule has 0 saturated carbocycles. The van der Waals surface area contributed by atoms with Crippen molar-refractivity contribution in [2.45, 2.75) is 18.9 Å². The second-order valence-electron chi connectivity index (χ2n) is 7.49. The molecule has 2 aliphatic heterocycles. The third kappa shape index (κ3) is 5.24. The Labute approximate surface area is 197 Å². The lowest BCUT2D eigenvalue weighted by atomic mass is 10.00. The fraction of sp³-hybridized carbons (Fsp3) is 0.333. The number of hydrogen-bond acceptors (Lipinski definition) is 5. The molecule has 32 heavy (non-hydrogen) atoms. The molecule has 0 bridgehead atoms. The van der Waals surface area contributed by atoms with Crippen molar-refractivity contribution in [3.63, 3.8) is 0 Å². The second kappa shape index (κ2) is 9.76. The molecule has 1 saturated heterocycles. The largest absolute Gasteiger partial charge is 0.386 e. The Kier molecular flexibility index (Phi) is 7.02. The van der Waals surface area contributed by atoms with Gasteiger partial charge < -0.3 is 10.5 Å². The zero-order valence-corrected chi connectivity index (χ0v) is 19.5. The smallest absolute Gasteiger partial charge is 0.324 e. The molecule has 4 rings (SSSR count). The van der Waals surface area contributed by atoms with E-state index in [1.54, 1.807) is 12.1 Å². The van der Waals surface area contributed by atoms with Crippen LogP contribution in [0, 0.1) is 0 Å². The maximum Gasteiger partial charge on any atom is 0.324 e. The van der Waals surface area contributed by atoms with E-state index in [0.717, 1.165) is 5.56 Å². The van der Waals surface area contributed by atoms with Crippen molar-refractivity contribution in [3.8, 4) is 0 Å². The zero-order chi connectivity index (χ0) is 22.7. The van der Waals surface area contributed by atoms with Gasteiger partial charge in [0.1, 0.15) is 5.84 Å². The Morgan fingerprint density at radius 1 is 1.16 bits per heavy atom. The van der Waals surface area contributed by atoms with Crippen LogP contribution in [0.4, 0.5) is 5.69 Å². The van der Waals surface area contributed by atoms with Gasteiger partial charge in [-0.05, 0) is 23.8 Å². The van der Waals surface area contributed by atoms with Crippen LogP contribution >= 0.6 is 23.2 Å². The van der Waals surface area contributed by atoms with Gasteiger partial charge in [0.25, 0.3) is 0 Å². The van der Waals surface area contributed by atoms with E-state index in [4.69, 9.17) is 38.8 Å². The van der Waals surface area contributed by atoms with Crippen molar-refractivity contribution in [2.24, 2.45) is 15.2 Å². The topological polar surface area (TPSA) is 101 Å². The first-order valence-electron chi connectivity index (χ1n) is 10.1. The van der Waals surface area contributed by atoms with Crippen molar-refractivity contribution in [1.29, 1.82) is 0 Å². The molecule has 11 heteroatoms. The number of ether oxygens (including phenoxy) is 1. The summed E-state index contributed by atoms with van der Waals surface area (Å²) in [5.41, 5.74) is 8.50. The maximum atomic E-state index is 12.5. The Hall–Kier alpha value is -2.17. The fourth-order valence-corrected chi connectivity index (χ4v) is 5.31. The standard InChI is InChI=1S/C21H23Cl2N5O3S/c22-16-6-7-19(18(23)12-16)28-20(15-4-2-1-3-5-15)13-17(25-28)14-21(24)26-32(29,30)27-8-10-31-11-9-27/h1-7,12,20H,8-11,13-14H2,(H2,24,26). The molecule has 0 spiro atoms. The first-order valence-corrected chi connectivity index (χ1v) is 12.3. The van der Waals surface area contributed by atoms with Crippen LogP contribution in [-0.4, -0.2) is 50.6 Å². The molecule has 0 aromatic heterocycles. The van der Waals surface area contributed by atoms with Crippen LogP contribution in [0.15, 0.2) is 58.0 Å². The number of amidine groups is 1. The van der Waals surface area contributed by atoms with Crippen LogP contribution in [0.1, 0.15) is 24.4 Å². The number of hydrogen-bond donors (Lipinski definition) is 1. The van der Waals surface area contributed by atoms with Gasteiger partial charge in [-0.25, -0.2) is 0 Å². The number of nitrogens with zero attached hydrogens (tertiary/aromatic N) is 4. The number of hydrazone groups is 1. The molecular weight excluding hydrogens is 473 g/mol. The van der Waals surface area contributed by atoms with E-state index in [1.165, 1.54) is 4.31 Å². The minimum absolute atomic E-state index is 0.00823. The predicted octanol–water partition coefficient (Wildman–Crippen LogP) is 3.63. The van der Waals surface area contributed by atoms with Gasteiger partial charge in [0, 0.05) is 36.7 Å². The van der Waals surface area contributed by atoms with Crippen LogP contribution in [0.25, 0.3) is 0 Å². The number of halogens is 2. The molecule has 2 aromatic carbocycles. The molecule has 1 unspecified atom stereocenters. The SMILES string of the molecule is N/C(CC1=NN(c2ccc(Cl)cc2Cl)C(c2ccccc2)C1)=N\S(=O)(=O)N1CCOCC1. The average molecular weight is 496 g/mol. The Morgan fingerprint density at radius 3 is 2.56 bits per heavy atom. The lowest BCUT2D eigenvalue weighted by Crippen LogP contribution is -2.40. The molecule has 0 radical (unpaired) electrons. The first kappa shape index (κ1) is 23.0. The minimum atomic E-state index is -3.86. The summed E-state index contributed by atoms with van der Waals surface area (Å²) in [4.78, 5) is 0. The molecule has 1 atom stereocenters. The van der Waals surface area contributed by atoms with Gasteiger partial charge in [-0.15, -0.1) is 4.40 Å². The fourth-order valence-electron chi connectivity index (χ4n) is 3.73. The lowest BCUT2D eigenvalue weighted by Gasteiger charge is -2.25. The van der Waals surface area contributed by atoms with Gasteiger partial charge in [0.15, 0.2) is 0 Å². The summed E-state index contributed by atoms with van der Waals surface area (Å²) in [6.45, 7) is 1.21. The number of benzene rings is 2. The van der Waals surface area contributed by atoms with Gasteiger partial charge in [-0.3, -0.25) is 5.01 Å². The molecule has 8 nitrogen and oxygen atoms in total. The summed E-state index contributed by atoms with van der Waals surface area (Å²) in [7, 11) is -3.86. The molecule has 2 N–H and O–H groups in total. The summed E-state index contributed by atoms with van der Waals surface area (Å²) in [5.74, 6) is -0.00823. The second-order valence-corrected chi connectivity index (χ2v) is 9.92. The van der Waals surface area contributed by atoms with Crippen LogP contribution in [0.3, 0.4) is 0 Å². The van der Waals surface area contributed by atoms with E-state index in [0.29, 0.717) is 41.1 Å². The molecule has 0 amide bonds. The van der Waals surface area contributed by atoms with Crippen molar-refractivity contribution < 1.29 is 13.2 Å². The summed E-state index contributed by atoms with van der Waals surface area (Å²) >= 11 is 12.5. The number of anilines is 1. The summed E-state index contributed by atoms with van der Waals surface area (Å²) in [6, 6.07) is 15.0. The highest BCUT2D eigenvalue weighted by Gasteiger charge is 2.31. The number of morpholine rings is 1. The molecule has 2 heterocycles. The van der Waals surface area contributed by atoms with Crippen LogP contribution in [-0.2, 0) is 14.9 Å². The van der Waals surface area contributed by atoms with E-state index < -0.39 is 10.2 Å². The first-order chi connectivity index (χ1) is 15.3. The lowest BCUT2D eigenvalue weighted by molar-refractivity contribution is 0.0731. The highest BCUT2D eigenvalue weighted by Crippen LogP contribution is 2.40. The summed E-state index contributed by atoms with van der Waals surface area (Å²) < 4.78 is 35.4. The van der Waals surface area contributed by atoms with Gasteiger partial charge in [-0.2, -0.15) is 17.8 Å². The normalized spacial score (nSPS) is 20.4. The van der Waals surface area contributed by atoms with Crippen molar-refractivity contribution in [2.75, 3.05) is 31.3 Å². The maximum absolute atomic E-state index is 12.5. The van der Waals surface area contributed by atoms with E-state index >= 15 is 0 Å². The zero-order valence-electron chi connectivity index (χ0n) is 17.2.